The van der Waals surface area contributed by atoms with Crippen LogP contribution in [-0.2, 0) is 0 Å². The van der Waals surface area contributed by atoms with Crippen molar-refractivity contribution in [3.8, 4) is 11.5 Å². The number of fused-ring (bicyclic) bond motifs is 2. The predicted octanol–water partition coefficient (Wildman–Crippen LogP) is 2.51. The average molecular weight is 276 g/mol. The molecule has 0 aliphatic heterocycles. The molecule has 0 N–H and O–H groups in total. The summed E-state index contributed by atoms with van der Waals surface area (Å²) in [4.78, 5) is 32.9. The minimum absolute atomic E-state index is 0.00510. The number of hydrogen-bond acceptors (Lipinski definition) is 5. The Morgan fingerprint density at radius 1 is 0.857 bits per heavy atom. The first-order chi connectivity index (χ1) is 10.3. The van der Waals surface area contributed by atoms with Crippen LogP contribution in [0.4, 0.5) is 0 Å². The number of carbonyl (C=O) groups is 2. The Bertz CT molecular complexity index is 829. The topological polar surface area (TPSA) is 73.1 Å². The minimum atomic E-state index is -0.312. The van der Waals surface area contributed by atoms with Crippen molar-refractivity contribution >= 4 is 11.6 Å². The molecular weight excluding hydrogens is 268 g/mol. The number of pyridine rings is 1. The lowest BCUT2D eigenvalue weighted by atomic mass is 9.91. The molecule has 0 radical (unpaired) electrons. The Morgan fingerprint density at radius 3 is 2.24 bits per heavy atom. The highest BCUT2D eigenvalue weighted by Crippen LogP contribution is 2.30. The van der Waals surface area contributed by atoms with Gasteiger partial charge in [0.2, 0.25) is 23.2 Å². The molecule has 0 unspecified atom stereocenters. The van der Waals surface area contributed by atoms with Gasteiger partial charge in [0.1, 0.15) is 0 Å². The van der Waals surface area contributed by atoms with Crippen LogP contribution in [-0.4, -0.2) is 21.5 Å². The van der Waals surface area contributed by atoms with E-state index in [1.54, 1.807) is 48.8 Å². The molecule has 1 aromatic carbocycles. The smallest absolute Gasteiger partial charge is 0.231 e. The van der Waals surface area contributed by atoms with Crippen molar-refractivity contribution in [1.29, 1.82) is 0 Å². The highest BCUT2D eigenvalue weighted by molar-refractivity contribution is 6.26. The first-order valence-corrected chi connectivity index (χ1v) is 6.35. The van der Waals surface area contributed by atoms with Crippen molar-refractivity contribution in [3.63, 3.8) is 0 Å². The third-order valence-electron chi connectivity index (χ3n) is 3.39. The summed E-state index contributed by atoms with van der Waals surface area (Å²) < 4.78 is 5.52. The molecule has 0 atom stereocenters. The Balaban J connectivity index is 1.92. The molecular formula is C16H8N2O3. The number of benzene rings is 1. The van der Waals surface area contributed by atoms with Gasteiger partial charge in [-0.3, -0.25) is 14.6 Å². The van der Waals surface area contributed by atoms with E-state index >= 15 is 0 Å². The summed E-state index contributed by atoms with van der Waals surface area (Å²) in [5.41, 5.74) is 1.46. The van der Waals surface area contributed by atoms with Gasteiger partial charge in [-0.15, -0.1) is 0 Å². The van der Waals surface area contributed by atoms with Gasteiger partial charge in [-0.2, -0.15) is 0 Å². The third-order valence-corrected chi connectivity index (χ3v) is 3.39. The zero-order chi connectivity index (χ0) is 14.4. The van der Waals surface area contributed by atoms with Crippen molar-refractivity contribution in [2.45, 2.75) is 0 Å². The molecule has 21 heavy (non-hydrogen) atoms. The second kappa shape index (κ2) is 4.21. The lowest BCUT2D eigenvalue weighted by Crippen LogP contribution is -2.19. The fourth-order valence-electron chi connectivity index (χ4n) is 2.37. The van der Waals surface area contributed by atoms with Crippen molar-refractivity contribution in [3.05, 3.63) is 71.4 Å². The summed E-state index contributed by atoms with van der Waals surface area (Å²) in [6, 6.07) is 10.1. The summed E-state index contributed by atoms with van der Waals surface area (Å²) in [6.07, 6.45) is 3.19. The summed E-state index contributed by atoms with van der Waals surface area (Å²) in [7, 11) is 0. The van der Waals surface area contributed by atoms with Crippen LogP contribution in [0.3, 0.4) is 0 Å². The van der Waals surface area contributed by atoms with Crippen LogP contribution in [0.1, 0.15) is 32.2 Å². The number of hydrogen-bond donors (Lipinski definition) is 0. The average Bonchev–Trinajstić information content (AvgIpc) is 2.99. The molecule has 1 aliphatic rings. The van der Waals surface area contributed by atoms with Gasteiger partial charge in [-0.1, -0.05) is 24.3 Å². The van der Waals surface area contributed by atoms with Gasteiger partial charge in [0.15, 0.2) is 5.69 Å². The quantitative estimate of drug-likeness (QED) is 0.534. The molecule has 5 heteroatoms. The summed E-state index contributed by atoms with van der Waals surface area (Å²) >= 11 is 0. The monoisotopic (exact) mass is 276 g/mol. The molecule has 2 heterocycles. The number of rotatable bonds is 1. The second-order valence-electron chi connectivity index (χ2n) is 4.64. The molecule has 0 spiro atoms. The van der Waals surface area contributed by atoms with Crippen molar-refractivity contribution in [2.75, 3.05) is 0 Å². The molecule has 0 saturated heterocycles. The molecule has 4 rings (SSSR count). The van der Waals surface area contributed by atoms with E-state index in [2.05, 4.69) is 9.97 Å². The number of aromatic nitrogens is 2. The van der Waals surface area contributed by atoms with E-state index in [4.69, 9.17) is 4.42 Å². The van der Waals surface area contributed by atoms with Crippen molar-refractivity contribution < 1.29 is 14.0 Å². The Kier molecular flexibility index (Phi) is 2.35. The fourth-order valence-corrected chi connectivity index (χ4v) is 2.37. The lowest BCUT2D eigenvalue weighted by Gasteiger charge is -2.10. The van der Waals surface area contributed by atoms with Gasteiger partial charge in [-0.25, -0.2) is 4.98 Å². The van der Waals surface area contributed by atoms with Crippen LogP contribution in [0.5, 0.6) is 0 Å². The van der Waals surface area contributed by atoms with Crippen LogP contribution in [0.15, 0.2) is 53.2 Å². The molecule has 2 aromatic heterocycles. The molecule has 5 nitrogen and oxygen atoms in total. The maximum atomic E-state index is 12.4. The van der Waals surface area contributed by atoms with Crippen LogP contribution in [0.2, 0.25) is 0 Å². The maximum Gasteiger partial charge on any atom is 0.231 e. The number of nitrogens with zero attached hydrogens (tertiary/aromatic N) is 2. The molecule has 0 amide bonds. The van der Waals surface area contributed by atoms with Gasteiger partial charge in [0.05, 0.1) is 0 Å². The predicted molar refractivity (Wildman–Crippen MR) is 73.0 cm³/mol. The van der Waals surface area contributed by atoms with Crippen LogP contribution in [0.25, 0.3) is 11.5 Å². The van der Waals surface area contributed by atoms with E-state index in [1.165, 1.54) is 0 Å². The summed E-state index contributed by atoms with van der Waals surface area (Å²) in [5, 5.41) is 0. The number of oxazole rings is 1. The lowest BCUT2D eigenvalue weighted by molar-refractivity contribution is 0.0959. The molecule has 0 fully saturated rings. The Morgan fingerprint density at radius 2 is 1.52 bits per heavy atom. The minimum Gasteiger partial charge on any atom is -0.432 e. The largest absolute Gasteiger partial charge is 0.432 e. The van der Waals surface area contributed by atoms with Crippen LogP contribution < -0.4 is 0 Å². The van der Waals surface area contributed by atoms with Crippen molar-refractivity contribution in [1.82, 2.24) is 9.97 Å². The van der Waals surface area contributed by atoms with Crippen LogP contribution >= 0.6 is 0 Å². The summed E-state index contributed by atoms with van der Waals surface area (Å²) in [6.45, 7) is 0. The van der Waals surface area contributed by atoms with E-state index < -0.39 is 0 Å². The van der Waals surface area contributed by atoms with E-state index in [0.717, 1.165) is 0 Å². The van der Waals surface area contributed by atoms with Gasteiger partial charge in [0.25, 0.3) is 0 Å². The second-order valence-corrected chi connectivity index (χ2v) is 4.64. The van der Waals surface area contributed by atoms with E-state index in [1.807, 2.05) is 0 Å². The molecule has 0 bridgehead atoms. The van der Waals surface area contributed by atoms with Crippen molar-refractivity contribution in [2.24, 2.45) is 0 Å². The molecule has 0 saturated carbocycles. The number of ketones is 2. The first kappa shape index (κ1) is 11.7. The van der Waals surface area contributed by atoms with Gasteiger partial charge in [0, 0.05) is 29.1 Å². The van der Waals surface area contributed by atoms with E-state index in [9.17, 15) is 9.59 Å². The highest BCUT2D eigenvalue weighted by Gasteiger charge is 2.35. The van der Waals surface area contributed by atoms with E-state index in [0.29, 0.717) is 16.7 Å². The number of carbonyl (C=O) groups excluding carboxylic acids is 2. The highest BCUT2D eigenvalue weighted by atomic mass is 16.4. The van der Waals surface area contributed by atoms with E-state index in [-0.39, 0.29) is 28.9 Å². The van der Waals surface area contributed by atoms with Gasteiger partial charge in [-0.05, 0) is 12.1 Å². The zero-order valence-corrected chi connectivity index (χ0v) is 10.7. The van der Waals surface area contributed by atoms with Gasteiger partial charge >= 0.3 is 0 Å². The standard InChI is InChI=1S/C16H8N2O3/c19-13-10-3-1-2-4-11(10)14(20)15-12(13)18-16(21-15)9-5-7-17-8-6-9/h1-8H. The maximum absolute atomic E-state index is 12.4. The van der Waals surface area contributed by atoms with Gasteiger partial charge < -0.3 is 4.42 Å². The molecule has 100 valence electrons. The zero-order valence-electron chi connectivity index (χ0n) is 10.7. The first-order valence-electron chi connectivity index (χ1n) is 6.35. The Labute approximate surface area is 119 Å². The SMILES string of the molecule is O=C1c2ccccc2C(=O)c2oc(-c3ccncc3)nc21. The normalized spacial score (nSPS) is 13.0. The Hall–Kier alpha value is -3.08. The van der Waals surface area contributed by atoms with Crippen LogP contribution in [0, 0.1) is 0 Å². The third kappa shape index (κ3) is 1.64. The summed E-state index contributed by atoms with van der Waals surface area (Å²) in [5.74, 6) is -0.348. The molecule has 3 aromatic rings. The molecule has 1 aliphatic carbocycles. The fraction of sp³-hybridized carbons (Fsp3) is 0.